The molecule has 3 aromatic rings. The first-order valence-electron chi connectivity index (χ1n) is 6.97. The molecule has 4 nitrogen and oxygen atoms in total. The zero-order valence-corrected chi connectivity index (χ0v) is 16.0. The Balaban J connectivity index is 2.45. The van der Waals surface area contributed by atoms with Crippen molar-refractivity contribution in [1.29, 1.82) is 0 Å². The number of hydrogen-bond acceptors (Lipinski definition) is 3. The molecule has 1 aromatic heterocycles. The van der Waals surface area contributed by atoms with E-state index in [0.717, 1.165) is 10.0 Å². The van der Waals surface area contributed by atoms with Gasteiger partial charge < -0.3 is 4.74 Å². The first kappa shape index (κ1) is 16.2. The van der Waals surface area contributed by atoms with Crippen LogP contribution in [0.3, 0.4) is 0 Å². The number of rotatable bonds is 2. The zero-order chi connectivity index (χ0) is 16.7. The lowest BCUT2D eigenvalue weighted by atomic mass is 10.2. The van der Waals surface area contributed by atoms with E-state index in [4.69, 9.17) is 4.74 Å². The number of halogens is 2. The summed E-state index contributed by atoms with van der Waals surface area (Å²) in [6, 6.07) is 9.27. The van der Waals surface area contributed by atoms with E-state index in [0.29, 0.717) is 32.6 Å². The maximum absolute atomic E-state index is 13.0. The van der Waals surface area contributed by atoms with E-state index in [9.17, 15) is 4.79 Å². The third-order valence-corrected chi connectivity index (χ3v) is 5.05. The molecule has 0 saturated carbocycles. The minimum atomic E-state index is -0.111. The van der Waals surface area contributed by atoms with Gasteiger partial charge in [0.1, 0.15) is 11.6 Å². The fourth-order valence-corrected chi connectivity index (χ4v) is 4.52. The molecular formula is C17H14Br2N2O2. The minimum absolute atomic E-state index is 0.111. The number of hydrogen-bond donors (Lipinski definition) is 0. The summed E-state index contributed by atoms with van der Waals surface area (Å²) in [5.41, 5.74) is 2.24. The third-order valence-electron chi connectivity index (χ3n) is 3.71. The molecule has 0 amide bonds. The normalized spacial score (nSPS) is 11.0. The lowest BCUT2D eigenvalue weighted by molar-refractivity contribution is 0.408. The van der Waals surface area contributed by atoms with Gasteiger partial charge in [-0.05, 0) is 69.5 Å². The van der Waals surface area contributed by atoms with Crippen molar-refractivity contribution in [1.82, 2.24) is 9.55 Å². The molecule has 0 N–H and O–H groups in total. The van der Waals surface area contributed by atoms with Gasteiger partial charge in [-0.25, -0.2) is 4.98 Å². The van der Waals surface area contributed by atoms with Crippen LogP contribution in [0.15, 0.2) is 44.1 Å². The maximum atomic E-state index is 13.0. The molecule has 0 radical (unpaired) electrons. The summed E-state index contributed by atoms with van der Waals surface area (Å²) in [6.07, 6.45) is 0. The predicted molar refractivity (Wildman–Crippen MR) is 98.8 cm³/mol. The molecule has 0 aliphatic heterocycles. The molecule has 0 saturated heterocycles. The first-order valence-corrected chi connectivity index (χ1v) is 8.55. The number of para-hydroxylation sites is 1. The molecule has 3 rings (SSSR count). The van der Waals surface area contributed by atoms with Crippen molar-refractivity contribution in [3.63, 3.8) is 0 Å². The van der Waals surface area contributed by atoms with E-state index in [-0.39, 0.29) is 5.56 Å². The topological polar surface area (TPSA) is 44.1 Å². The largest absolute Gasteiger partial charge is 0.495 e. The Hall–Kier alpha value is -1.66. The second-order valence-electron chi connectivity index (χ2n) is 5.19. The van der Waals surface area contributed by atoms with Crippen molar-refractivity contribution in [3.8, 4) is 11.4 Å². The highest BCUT2D eigenvalue weighted by Crippen LogP contribution is 2.39. The highest BCUT2D eigenvalue weighted by Gasteiger charge is 2.19. The lowest BCUT2D eigenvalue weighted by Gasteiger charge is -2.17. The Morgan fingerprint density at radius 1 is 1.17 bits per heavy atom. The van der Waals surface area contributed by atoms with Gasteiger partial charge in [0.05, 0.1) is 28.2 Å². The van der Waals surface area contributed by atoms with Crippen LogP contribution < -0.4 is 10.3 Å². The Kier molecular flexibility index (Phi) is 4.29. The van der Waals surface area contributed by atoms with E-state index < -0.39 is 0 Å². The van der Waals surface area contributed by atoms with Crippen LogP contribution in [0, 0.1) is 13.8 Å². The summed E-state index contributed by atoms with van der Waals surface area (Å²) in [4.78, 5) is 17.5. The minimum Gasteiger partial charge on any atom is -0.495 e. The van der Waals surface area contributed by atoms with Gasteiger partial charge in [-0.1, -0.05) is 12.1 Å². The monoisotopic (exact) mass is 436 g/mol. The summed E-state index contributed by atoms with van der Waals surface area (Å²) in [5.74, 6) is 1.31. The van der Waals surface area contributed by atoms with E-state index in [1.807, 2.05) is 38.1 Å². The fraction of sp³-hybridized carbons (Fsp3) is 0.176. The van der Waals surface area contributed by atoms with Gasteiger partial charge in [-0.3, -0.25) is 9.36 Å². The molecule has 118 valence electrons. The molecule has 0 fully saturated rings. The third kappa shape index (κ3) is 2.60. The number of benzene rings is 2. The molecule has 6 heteroatoms. The number of fused-ring (bicyclic) bond motifs is 1. The zero-order valence-electron chi connectivity index (χ0n) is 12.9. The van der Waals surface area contributed by atoms with Crippen LogP contribution in [0.1, 0.15) is 11.4 Å². The molecule has 0 aliphatic carbocycles. The van der Waals surface area contributed by atoms with Gasteiger partial charge in [0.25, 0.3) is 5.56 Å². The molecule has 0 spiro atoms. The average Bonchev–Trinajstić information content (AvgIpc) is 2.50. The molecular weight excluding hydrogens is 424 g/mol. The molecule has 2 aromatic carbocycles. The van der Waals surface area contributed by atoms with Crippen LogP contribution in [0.5, 0.6) is 5.75 Å². The quantitative estimate of drug-likeness (QED) is 0.591. The van der Waals surface area contributed by atoms with E-state index >= 15 is 0 Å². The van der Waals surface area contributed by atoms with Crippen molar-refractivity contribution in [3.05, 3.63) is 61.0 Å². The summed E-state index contributed by atoms with van der Waals surface area (Å²) >= 11 is 7.13. The van der Waals surface area contributed by atoms with Crippen molar-refractivity contribution in [2.24, 2.45) is 0 Å². The van der Waals surface area contributed by atoms with Crippen LogP contribution >= 0.6 is 31.9 Å². The SMILES string of the molecule is COc1c(C)cc(Br)c(-n2c(C)nc3ccccc3c2=O)c1Br. The summed E-state index contributed by atoms with van der Waals surface area (Å²) in [7, 11) is 1.61. The van der Waals surface area contributed by atoms with Gasteiger partial charge in [-0.2, -0.15) is 0 Å². The Morgan fingerprint density at radius 3 is 2.57 bits per heavy atom. The van der Waals surface area contributed by atoms with E-state index in [2.05, 4.69) is 36.8 Å². The van der Waals surface area contributed by atoms with Crippen LogP contribution in [-0.2, 0) is 0 Å². The second kappa shape index (κ2) is 6.09. The smallest absolute Gasteiger partial charge is 0.266 e. The molecule has 23 heavy (non-hydrogen) atoms. The van der Waals surface area contributed by atoms with Gasteiger partial charge in [0.2, 0.25) is 0 Å². The van der Waals surface area contributed by atoms with Gasteiger partial charge >= 0.3 is 0 Å². The van der Waals surface area contributed by atoms with Crippen molar-refractivity contribution < 1.29 is 4.74 Å². The van der Waals surface area contributed by atoms with Crippen molar-refractivity contribution in [2.75, 3.05) is 7.11 Å². The van der Waals surface area contributed by atoms with Gasteiger partial charge in [0.15, 0.2) is 0 Å². The summed E-state index contributed by atoms with van der Waals surface area (Å²) in [6.45, 7) is 3.77. The molecule has 0 bridgehead atoms. The van der Waals surface area contributed by atoms with Crippen molar-refractivity contribution in [2.45, 2.75) is 13.8 Å². The second-order valence-corrected chi connectivity index (χ2v) is 6.84. The highest BCUT2D eigenvalue weighted by molar-refractivity contribution is 9.11. The van der Waals surface area contributed by atoms with Crippen LogP contribution in [0.2, 0.25) is 0 Å². The lowest BCUT2D eigenvalue weighted by Crippen LogP contribution is -2.23. The Morgan fingerprint density at radius 2 is 1.87 bits per heavy atom. The molecule has 1 heterocycles. The number of ether oxygens (including phenoxy) is 1. The van der Waals surface area contributed by atoms with Gasteiger partial charge in [0, 0.05) is 4.47 Å². The average molecular weight is 438 g/mol. The summed E-state index contributed by atoms with van der Waals surface area (Å²) < 4.78 is 8.57. The maximum Gasteiger partial charge on any atom is 0.266 e. The summed E-state index contributed by atoms with van der Waals surface area (Å²) in [5, 5.41) is 0.580. The van der Waals surface area contributed by atoms with E-state index in [1.165, 1.54) is 0 Å². The number of methoxy groups -OCH3 is 1. The number of nitrogens with zero attached hydrogens (tertiary/aromatic N) is 2. The molecule has 0 atom stereocenters. The standard InChI is InChI=1S/C17H14Br2N2O2/c1-9-8-12(18)15(14(19)16(9)23-3)21-10(2)20-13-7-5-4-6-11(13)17(21)22/h4-8H,1-3H3. The first-order chi connectivity index (χ1) is 11.0. The van der Waals surface area contributed by atoms with Crippen LogP contribution in [0.25, 0.3) is 16.6 Å². The van der Waals surface area contributed by atoms with E-state index in [1.54, 1.807) is 17.7 Å². The van der Waals surface area contributed by atoms with Crippen LogP contribution in [0.4, 0.5) is 0 Å². The van der Waals surface area contributed by atoms with Gasteiger partial charge in [-0.15, -0.1) is 0 Å². The number of aromatic nitrogens is 2. The molecule has 0 aliphatic rings. The Labute approximate surface area is 150 Å². The fourth-order valence-electron chi connectivity index (χ4n) is 2.67. The van der Waals surface area contributed by atoms with Crippen molar-refractivity contribution >= 4 is 42.8 Å². The Bertz CT molecular complexity index is 980. The highest BCUT2D eigenvalue weighted by atomic mass is 79.9. The predicted octanol–water partition coefficient (Wildman–Crippen LogP) is 4.54. The van der Waals surface area contributed by atoms with Crippen LogP contribution in [-0.4, -0.2) is 16.7 Å². The molecule has 0 unspecified atom stereocenters. The number of aryl methyl sites for hydroxylation is 2.